The summed E-state index contributed by atoms with van der Waals surface area (Å²) < 4.78 is 67.7. The highest BCUT2D eigenvalue weighted by atomic mass is 32.1. The van der Waals surface area contributed by atoms with Crippen LogP contribution in [0, 0.1) is 5.92 Å². The average Bonchev–Trinajstić information content (AvgIpc) is 3.49. The molecule has 4 rings (SSSR count). The third-order valence-electron chi connectivity index (χ3n) is 5.77. The van der Waals surface area contributed by atoms with Gasteiger partial charge in [-0.1, -0.05) is 0 Å². The third kappa shape index (κ3) is 4.97. The molecule has 0 unspecified atom stereocenters. The number of nitrogens with zero attached hydrogens (tertiary/aromatic N) is 2. The van der Waals surface area contributed by atoms with Crippen LogP contribution in [0.25, 0.3) is 10.4 Å². The molecular weight excluding hydrogens is 485 g/mol. The lowest BCUT2D eigenvalue weighted by Gasteiger charge is -2.32. The van der Waals surface area contributed by atoms with Crippen molar-refractivity contribution < 1.29 is 36.6 Å². The van der Waals surface area contributed by atoms with E-state index in [2.05, 4.69) is 20.6 Å². The molecule has 5 N–H and O–H groups in total. The van der Waals surface area contributed by atoms with Gasteiger partial charge in [0.15, 0.2) is 5.01 Å². The zero-order valence-corrected chi connectivity index (χ0v) is 18.2. The van der Waals surface area contributed by atoms with Crippen molar-refractivity contribution >= 4 is 29.0 Å². The minimum Gasteiger partial charge on any atom is -0.391 e. The van der Waals surface area contributed by atoms with Crippen LogP contribution >= 0.6 is 11.3 Å². The Labute approximate surface area is 193 Å². The second-order valence-electron chi connectivity index (χ2n) is 8.24. The topological polar surface area (TPSA) is 130 Å². The Morgan fingerprint density at radius 2 is 1.91 bits per heavy atom. The summed E-state index contributed by atoms with van der Waals surface area (Å²) in [5.74, 6) is -2.85. The van der Waals surface area contributed by atoms with E-state index in [4.69, 9.17) is 5.73 Å². The van der Waals surface area contributed by atoms with Gasteiger partial charge >= 0.3 is 6.18 Å². The minimum absolute atomic E-state index is 0.157. The number of amides is 2. The Hall–Kier alpha value is -2.87. The molecule has 0 saturated heterocycles. The molecule has 2 aliphatic rings. The number of halogens is 5. The van der Waals surface area contributed by atoms with Crippen molar-refractivity contribution in [2.45, 2.75) is 56.5 Å². The first-order valence-electron chi connectivity index (χ1n) is 10.4. The summed E-state index contributed by atoms with van der Waals surface area (Å²) in [7, 11) is 0. The molecule has 8 nitrogen and oxygen atoms in total. The Kier molecular flexibility index (Phi) is 6.46. The van der Waals surface area contributed by atoms with Crippen molar-refractivity contribution in [3.05, 3.63) is 28.5 Å². The lowest BCUT2D eigenvalue weighted by atomic mass is 9.89. The lowest BCUT2D eigenvalue weighted by molar-refractivity contribution is -0.146. The maximum absolute atomic E-state index is 13.9. The summed E-state index contributed by atoms with van der Waals surface area (Å²) in [5, 5.41) is 14.1. The summed E-state index contributed by atoms with van der Waals surface area (Å²) in [6.45, 7) is 0. The Morgan fingerprint density at radius 3 is 2.41 bits per heavy atom. The standard InChI is InChI=1S/C20H20F5N5O3S/c21-16(22)8-5-12(29-15(7-1-2-7)20(23,24)25)27-6-9(8)14-13(17(26)32)30-19(34-14)18(33)28-10-3-4-11(10)31/h5-7,10-11,15-16,31H,1-4H2,(H2,26,32)(H,27,29)(H,28,33)/t10-,11-,15-/m0/s1. The predicted octanol–water partition coefficient (Wildman–Crippen LogP) is 3.25. The van der Waals surface area contributed by atoms with Gasteiger partial charge in [0.25, 0.3) is 18.2 Å². The number of aliphatic hydroxyl groups excluding tert-OH is 1. The lowest BCUT2D eigenvalue weighted by Crippen LogP contribution is -2.50. The third-order valence-corrected chi connectivity index (χ3v) is 6.86. The number of pyridine rings is 1. The van der Waals surface area contributed by atoms with Crippen molar-refractivity contribution in [3.8, 4) is 10.4 Å². The average molecular weight is 505 g/mol. The van der Waals surface area contributed by atoms with Gasteiger partial charge in [-0.05, 0) is 37.7 Å². The van der Waals surface area contributed by atoms with Gasteiger partial charge < -0.3 is 21.5 Å². The van der Waals surface area contributed by atoms with E-state index in [0.717, 1.165) is 12.3 Å². The zero-order chi connectivity index (χ0) is 24.8. The molecule has 0 aliphatic heterocycles. The largest absolute Gasteiger partial charge is 0.408 e. The number of thiazole rings is 1. The van der Waals surface area contributed by atoms with Crippen LogP contribution in [0.4, 0.5) is 27.8 Å². The number of aromatic nitrogens is 2. The summed E-state index contributed by atoms with van der Waals surface area (Å²) >= 11 is 0.618. The van der Waals surface area contributed by atoms with Crippen LogP contribution in [0.2, 0.25) is 0 Å². The van der Waals surface area contributed by atoms with E-state index in [1.165, 1.54) is 0 Å². The van der Waals surface area contributed by atoms with Gasteiger partial charge in [0.1, 0.15) is 17.6 Å². The number of primary amides is 1. The summed E-state index contributed by atoms with van der Waals surface area (Å²) in [4.78, 5) is 31.9. The number of hydrogen-bond acceptors (Lipinski definition) is 7. The van der Waals surface area contributed by atoms with Crippen molar-refractivity contribution in [3.63, 3.8) is 0 Å². The van der Waals surface area contributed by atoms with Crippen LogP contribution in [-0.2, 0) is 0 Å². The maximum Gasteiger partial charge on any atom is 0.408 e. The van der Waals surface area contributed by atoms with E-state index in [9.17, 15) is 36.6 Å². The fourth-order valence-corrected chi connectivity index (χ4v) is 4.63. The molecule has 0 radical (unpaired) electrons. The second-order valence-corrected chi connectivity index (χ2v) is 9.24. The van der Waals surface area contributed by atoms with Crippen molar-refractivity contribution in [2.75, 3.05) is 5.32 Å². The number of anilines is 1. The highest BCUT2D eigenvalue weighted by Gasteiger charge is 2.49. The number of nitrogens with two attached hydrogens (primary N) is 1. The van der Waals surface area contributed by atoms with Crippen molar-refractivity contribution in [1.82, 2.24) is 15.3 Å². The Morgan fingerprint density at radius 1 is 1.21 bits per heavy atom. The molecule has 2 fully saturated rings. The number of alkyl halides is 5. The normalized spacial score (nSPS) is 21.1. The fourth-order valence-electron chi connectivity index (χ4n) is 3.62. The van der Waals surface area contributed by atoms with Gasteiger partial charge in [0.2, 0.25) is 0 Å². The van der Waals surface area contributed by atoms with Crippen molar-refractivity contribution in [1.29, 1.82) is 0 Å². The highest BCUT2D eigenvalue weighted by molar-refractivity contribution is 7.17. The molecule has 14 heteroatoms. The van der Waals surface area contributed by atoms with Gasteiger partial charge in [-0.25, -0.2) is 18.7 Å². The quantitative estimate of drug-likeness (QED) is 0.408. The number of carbonyl (C=O) groups is 2. The Bertz CT molecular complexity index is 1100. The number of nitrogens with one attached hydrogen (secondary N) is 2. The fraction of sp³-hybridized carbons (Fsp3) is 0.500. The van der Waals surface area contributed by atoms with E-state index in [1.807, 2.05) is 0 Å². The van der Waals surface area contributed by atoms with E-state index in [0.29, 0.717) is 37.0 Å². The predicted molar refractivity (Wildman–Crippen MR) is 112 cm³/mol. The smallest absolute Gasteiger partial charge is 0.391 e. The van der Waals surface area contributed by atoms with Crippen molar-refractivity contribution in [2.24, 2.45) is 11.7 Å². The number of carbonyl (C=O) groups excluding carboxylic acids is 2. The van der Waals surface area contributed by atoms with E-state index in [1.54, 1.807) is 0 Å². The molecular formula is C20H20F5N5O3S. The highest BCUT2D eigenvalue weighted by Crippen LogP contribution is 2.43. The first-order valence-corrected chi connectivity index (χ1v) is 11.2. The molecule has 3 atom stereocenters. The van der Waals surface area contributed by atoms with Gasteiger partial charge in [-0.15, -0.1) is 11.3 Å². The van der Waals surface area contributed by atoms with Gasteiger partial charge in [-0.3, -0.25) is 9.59 Å². The molecule has 2 aromatic rings. The van der Waals surface area contributed by atoms with Crippen LogP contribution in [0.5, 0.6) is 0 Å². The summed E-state index contributed by atoms with van der Waals surface area (Å²) in [6.07, 6.45) is -5.74. The summed E-state index contributed by atoms with van der Waals surface area (Å²) in [6, 6.07) is -1.62. The van der Waals surface area contributed by atoms with Crippen LogP contribution < -0.4 is 16.4 Å². The number of rotatable bonds is 8. The first kappa shape index (κ1) is 24.3. The molecule has 2 aromatic heterocycles. The summed E-state index contributed by atoms with van der Waals surface area (Å²) in [5.41, 5.74) is 3.91. The molecule has 2 amide bonds. The zero-order valence-electron chi connectivity index (χ0n) is 17.4. The second kappa shape index (κ2) is 9.06. The molecule has 0 bridgehead atoms. The number of aliphatic hydroxyl groups is 1. The van der Waals surface area contributed by atoms with Crippen LogP contribution in [0.15, 0.2) is 12.3 Å². The monoisotopic (exact) mass is 505 g/mol. The maximum atomic E-state index is 13.9. The molecule has 0 aromatic carbocycles. The van der Waals surface area contributed by atoms with Crippen LogP contribution in [-0.4, -0.2) is 51.3 Å². The molecule has 34 heavy (non-hydrogen) atoms. The molecule has 2 aliphatic carbocycles. The van der Waals surface area contributed by atoms with E-state index in [-0.39, 0.29) is 15.4 Å². The SMILES string of the molecule is NC(=O)c1nc(C(=O)N[C@H]2CC[C@@H]2O)sc1-c1cnc(N[C@@H](C2CC2)C(F)(F)F)cc1C(F)F. The van der Waals surface area contributed by atoms with Gasteiger partial charge in [0.05, 0.1) is 17.0 Å². The van der Waals surface area contributed by atoms with E-state index >= 15 is 0 Å². The Balaban J connectivity index is 1.66. The molecule has 2 heterocycles. The van der Waals surface area contributed by atoms with E-state index < -0.39 is 65.6 Å². The van der Waals surface area contributed by atoms with Gasteiger partial charge in [-0.2, -0.15) is 13.2 Å². The molecule has 0 spiro atoms. The van der Waals surface area contributed by atoms with Crippen LogP contribution in [0.3, 0.4) is 0 Å². The molecule has 2 saturated carbocycles. The minimum atomic E-state index is -4.58. The first-order chi connectivity index (χ1) is 16.0. The van der Waals surface area contributed by atoms with Gasteiger partial charge in [0, 0.05) is 17.3 Å². The molecule has 184 valence electrons. The van der Waals surface area contributed by atoms with Crippen LogP contribution in [0.1, 0.15) is 58.0 Å². The number of hydrogen-bond donors (Lipinski definition) is 4.